The van der Waals surface area contributed by atoms with Crippen molar-refractivity contribution in [1.29, 1.82) is 0 Å². The van der Waals surface area contributed by atoms with Crippen LogP contribution in [0.4, 0.5) is 0 Å². The van der Waals surface area contributed by atoms with E-state index in [0.717, 1.165) is 13.1 Å². The van der Waals surface area contributed by atoms with Crippen molar-refractivity contribution in [3.8, 4) is 0 Å². The van der Waals surface area contributed by atoms with E-state index in [2.05, 4.69) is 72.1 Å². The van der Waals surface area contributed by atoms with Crippen LogP contribution in [-0.2, 0) is 6.54 Å². The highest BCUT2D eigenvalue weighted by molar-refractivity contribution is 7.33. The number of benzene rings is 2. The van der Waals surface area contributed by atoms with E-state index >= 15 is 0 Å². The Bertz CT molecular complexity index is 1100. The fraction of sp³-hybridized carbons (Fsp3) is 0.200. The predicted molar refractivity (Wildman–Crippen MR) is 109 cm³/mol. The molecule has 0 spiro atoms. The summed E-state index contributed by atoms with van der Waals surface area (Å²) in [4.78, 5) is 2.26. The molecule has 0 fully saturated rings. The first-order valence-corrected chi connectivity index (χ1v) is 9.83. The third kappa shape index (κ3) is 1.97. The molecular weight excluding hydrogens is 332 g/mol. The Labute approximate surface area is 148 Å². The number of hydrogen-bond acceptors (Lipinski definition) is 3. The summed E-state index contributed by atoms with van der Waals surface area (Å²) in [6, 6.07) is 17.6. The molecular formula is C20H18N2S2. The van der Waals surface area contributed by atoms with Crippen LogP contribution in [0.1, 0.15) is 0 Å². The Hall–Kier alpha value is -1.88. The van der Waals surface area contributed by atoms with Gasteiger partial charge in [-0.1, -0.05) is 36.4 Å². The van der Waals surface area contributed by atoms with Crippen LogP contribution in [0.25, 0.3) is 40.6 Å². The van der Waals surface area contributed by atoms with Crippen molar-refractivity contribution >= 4 is 63.3 Å². The van der Waals surface area contributed by atoms with Gasteiger partial charge in [0.1, 0.15) is 0 Å². The molecule has 0 unspecified atom stereocenters. The van der Waals surface area contributed by atoms with E-state index in [1.165, 1.54) is 40.6 Å². The zero-order valence-corrected chi connectivity index (χ0v) is 15.4. The van der Waals surface area contributed by atoms with Crippen LogP contribution in [0.2, 0.25) is 0 Å². The van der Waals surface area contributed by atoms with E-state index in [0.29, 0.717) is 0 Å². The molecule has 5 rings (SSSR count). The number of rotatable bonds is 3. The Kier molecular flexibility index (Phi) is 3.20. The van der Waals surface area contributed by atoms with Gasteiger partial charge in [0.2, 0.25) is 0 Å². The average molecular weight is 351 g/mol. The summed E-state index contributed by atoms with van der Waals surface area (Å²) in [6.45, 7) is 2.07. The molecule has 0 aliphatic rings. The highest BCUT2D eigenvalue weighted by Crippen LogP contribution is 2.46. The van der Waals surface area contributed by atoms with Crippen molar-refractivity contribution in [1.82, 2.24) is 9.47 Å². The maximum atomic E-state index is 2.56. The summed E-state index contributed by atoms with van der Waals surface area (Å²) in [5, 5.41) is 2.78. The molecule has 3 heterocycles. The molecule has 2 aromatic carbocycles. The van der Waals surface area contributed by atoms with Gasteiger partial charge in [-0.15, -0.1) is 22.7 Å². The van der Waals surface area contributed by atoms with E-state index in [1.54, 1.807) is 0 Å². The minimum atomic E-state index is 1.02. The summed E-state index contributed by atoms with van der Waals surface area (Å²) in [7, 11) is 4.30. The quantitative estimate of drug-likeness (QED) is 0.400. The van der Waals surface area contributed by atoms with Crippen LogP contribution < -0.4 is 0 Å². The van der Waals surface area contributed by atoms with Crippen molar-refractivity contribution in [2.75, 3.05) is 20.6 Å². The van der Waals surface area contributed by atoms with Crippen molar-refractivity contribution < 1.29 is 0 Å². The lowest BCUT2D eigenvalue weighted by molar-refractivity contribution is 0.389. The topological polar surface area (TPSA) is 8.17 Å². The Morgan fingerprint density at radius 1 is 0.792 bits per heavy atom. The molecule has 120 valence electrons. The van der Waals surface area contributed by atoms with Gasteiger partial charge in [-0.25, -0.2) is 0 Å². The lowest BCUT2D eigenvalue weighted by Crippen LogP contribution is -2.18. The van der Waals surface area contributed by atoms with Gasteiger partial charge in [-0.3, -0.25) is 0 Å². The molecule has 0 saturated heterocycles. The molecule has 5 aromatic rings. The van der Waals surface area contributed by atoms with Gasteiger partial charge < -0.3 is 9.47 Å². The third-order valence-electron chi connectivity index (χ3n) is 4.66. The minimum Gasteiger partial charge on any atom is -0.337 e. The molecule has 24 heavy (non-hydrogen) atoms. The number of likely N-dealkylation sites (N-methyl/N-ethyl adjacent to an activating group) is 1. The number of thiophene rings is 2. The van der Waals surface area contributed by atoms with Crippen LogP contribution >= 0.6 is 22.7 Å². The zero-order chi connectivity index (χ0) is 16.3. The Morgan fingerprint density at radius 2 is 1.29 bits per heavy atom. The first kappa shape index (κ1) is 14.5. The van der Waals surface area contributed by atoms with Crippen LogP contribution in [0, 0.1) is 0 Å². The molecule has 0 bridgehead atoms. The van der Waals surface area contributed by atoms with E-state index in [9.17, 15) is 0 Å². The lowest BCUT2D eigenvalue weighted by atomic mass is 10.2. The van der Waals surface area contributed by atoms with Gasteiger partial charge >= 0.3 is 0 Å². The van der Waals surface area contributed by atoms with Gasteiger partial charge in [-0.2, -0.15) is 0 Å². The molecule has 0 atom stereocenters. The standard InChI is InChI=1S/C20H18N2S2/c1-21(2)11-12-22-17-13-7-3-5-9-15(13)23-19(17)20-18(22)14-8-4-6-10-16(14)24-20/h3-10H,11-12H2,1-2H3. The van der Waals surface area contributed by atoms with Gasteiger partial charge in [-0.05, 0) is 26.2 Å². The second-order valence-corrected chi connectivity index (χ2v) is 8.61. The number of nitrogens with zero attached hydrogens (tertiary/aromatic N) is 2. The molecule has 0 N–H and O–H groups in total. The number of hydrogen-bond donors (Lipinski definition) is 0. The van der Waals surface area contributed by atoms with E-state index in [1.807, 2.05) is 22.7 Å². The molecule has 0 aliphatic carbocycles. The molecule has 0 radical (unpaired) electrons. The number of aromatic nitrogens is 1. The molecule has 0 aliphatic heterocycles. The first-order chi connectivity index (χ1) is 11.7. The maximum Gasteiger partial charge on any atom is 0.0714 e. The molecule has 3 aromatic heterocycles. The highest BCUT2D eigenvalue weighted by atomic mass is 32.1. The van der Waals surface area contributed by atoms with Crippen molar-refractivity contribution in [3.63, 3.8) is 0 Å². The maximum absolute atomic E-state index is 2.56. The normalized spacial score (nSPS) is 12.5. The van der Waals surface area contributed by atoms with E-state index < -0.39 is 0 Å². The first-order valence-electron chi connectivity index (χ1n) is 8.20. The smallest absolute Gasteiger partial charge is 0.0714 e. The minimum absolute atomic E-state index is 1.02. The second kappa shape index (κ2) is 5.31. The SMILES string of the molecule is CN(C)CCn1c2c3ccccc3sc2c2sc3ccccc3c21. The Morgan fingerprint density at radius 3 is 1.79 bits per heavy atom. The largest absolute Gasteiger partial charge is 0.337 e. The van der Waals surface area contributed by atoms with Crippen LogP contribution in [0.3, 0.4) is 0 Å². The van der Waals surface area contributed by atoms with Gasteiger partial charge in [0.05, 0.1) is 20.4 Å². The van der Waals surface area contributed by atoms with Gasteiger partial charge in [0, 0.05) is 33.3 Å². The summed E-state index contributed by atoms with van der Waals surface area (Å²) in [5.41, 5.74) is 2.84. The van der Waals surface area contributed by atoms with E-state index in [4.69, 9.17) is 0 Å². The average Bonchev–Trinajstić information content (AvgIpc) is 3.21. The third-order valence-corrected chi connectivity index (χ3v) is 7.14. The molecule has 0 saturated carbocycles. The zero-order valence-electron chi connectivity index (χ0n) is 13.7. The van der Waals surface area contributed by atoms with Crippen molar-refractivity contribution in [2.24, 2.45) is 0 Å². The summed E-state index contributed by atoms with van der Waals surface area (Å²) in [5.74, 6) is 0. The van der Waals surface area contributed by atoms with Crippen molar-refractivity contribution in [2.45, 2.75) is 6.54 Å². The summed E-state index contributed by atoms with van der Waals surface area (Å²) in [6.07, 6.45) is 0. The predicted octanol–water partition coefficient (Wildman–Crippen LogP) is 5.79. The molecule has 4 heteroatoms. The molecule has 0 amide bonds. The number of fused-ring (bicyclic) bond motifs is 7. The Balaban J connectivity index is 1.95. The van der Waals surface area contributed by atoms with Gasteiger partial charge in [0.25, 0.3) is 0 Å². The highest BCUT2D eigenvalue weighted by Gasteiger charge is 2.20. The van der Waals surface area contributed by atoms with Crippen LogP contribution in [0.15, 0.2) is 48.5 Å². The fourth-order valence-electron chi connectivity index (χ4n) is 3.54. The second-order valence-electron chi connectivity index (χ2n) is 6.51. The summed E-state index contributed by atoms with van der Waals surface area (Å²) >= 11 is 3.87. The van der Waals surface area contributed by atoms with E-state index in [-0.39, 0.29) is 0 Å². The van der Waals surface area contributed by atoms with Crippen molar-refractivity contribution in [3.05, 3.63) is 48.5 Å². The fourth-order valence-corrected chi connectivity index (χ4v) is 6.09. The monoisotopic (exact) mass is 350 g/mol. The lowest BCUT2D eigenvalue weighted by Gasteiger charge is -2.12. The van der Waals surface area contributed by atoms with Crippen LogP contribution in [0.5, 0.6) is 0 Å². The molecule has 2 nitrogen and oxygen atoms in total. The van der Waals surface area contributed by atoms with Crippen LogP contribution in [-0.4, -0.2) is 30.1 Å². The van der Waals surface area contributed by atoms with Gasteiger partial charge in [0.15, 0.2) is 0 Å². The summed E-state index contributed by atoms with van der Waals surface area (Å²) < 4.78 is 8.24.